The Labute approximate surface area is 137 Å². The Balaban J connectivity index is 1.65. The molecule has 1 aromatic heterocycles. The highest BCUT2D eigenvalue weighted by molar-refractivity contribution is 5.74. The van der Waals surface area contributed by atoms with Gasteiger partial charge in [-0.1, -0.05) is 0 Å². The van der Waals surface area contributed by atoms with Crippen molar-refractivity contribution in [3.05, 3.63) is 53.8 Å². The molecule has 0 saturated carbocycles. The standard InChI is InChI=1S/C18H14FN3O2/c19-12-2-4-13(5-3-12)22-18-14(7-8-20-18)17(21-22)11-1-6-15-16(9-11)24-10-23-15/h1-6,9,20H,7-8,10H2. The number of ether oxygens (including phenoxy) is 2. The number of halogens is 1. The molecule has 2 aliphatic rings. The van der Waals surface area contributed by atoms with E-state index in [4.69, 9.17) is 14.6 Å². The maximum Gasteiger partial charge on any atom is 0.231 e. The fraction of sp³-hybridized carbons (Fsp3) is 0.167. The molecule has 1 N–H and O–H groups in total. The molecule has 0 atom stereocenters. The summed E-state index contributed by atoms with van der Waals surface area (Å²) in [5.41, 5.74) is 3.89. The second kappa shape index (κ2) is 4.99. The zero-order valence-electron chi connectivity index (χ0n) is 12.8. The third-order valence-corrected chi connectivity index (χ3v) is 4.37. The summed E-state index contributed by atoms with van der Waals surface area (Å²) in [6.07, 6.45) is 0.903. The number of fused-ring (bicyclic) bond motifs is 2. The van der Waals surface area contributed by atoms with Crippen LogP contribution in [0.15, 0.2) is 42.5 Å². The predicted molar refractivity (Wildman–Crippen MR) is 87.3 cm³/mol. The molecule has 5 rings (SSSR count). The molecule has 3 heterocycles. The molecule has 5 nitrogen and oxygen atoms in total. The van der Waals surface area contributed by atoms with Crippen molar-refractivity contribution < 1.29 is 13.9 Å². The van der Waals surface area contributed by atoms with Gasteiger partial charge in [0.2, 0.25) is 6.79 Å². The topological polar surface area (TPSA) is 48.3 Å². The summed E-state index contributed by atoms with van der Waals surface area (Å²) in [7, 11) is 0. The molecule has 0 amide bonds. The normalized spacial score (nSPS) is 14.5. The number of nitrogens with zero attached hydrogens (tertiary/aromatic N) is 2. The minimum atomic E-state index is -0.258. The van der Waals surface area contributed by atoms with Gasteiger partial charge in [0.25, 0.3) is 0 Å². The lowest BCUT2D eigenvalue weighted by atomic mass is 10.1. The van der Waals surface area contributed by atoms with Crippen molar-refractivity contribution in [1.82, 2.24) is 9.78 Å². The van der Waals surface area contributed by atoms with Crippen LogP contribution in [0.2, 0.25) is 0 Å². The first-order chi connectivity index (χ1) is 11.8. The second-order valence-corrected chi connectivity index (χ2v) is 5.81. The first-order valence-electron chi connectivity index (χ1n) is 7.81. The number of hydrogen-bond donors (Lipinski definition) is 1. The van der Waals surface area contributed by atoms with Gasteiger partial charge in [0.05, 0.1) is 11.4 Å². The SMILES string of the molecule is Fc1ccc(-n2nc(-c3ccc4c(c3)OCO4)c3c2NCC3)cc1. The molecule has 3 aromatic rings. The molecule has 0 fully saturated rings. The van der Waals surface area contributed by atoms with Crippen LogP contribution in [-0.4, -0.2) is 23.1 Å². The summed E-state index contributed by atoms with van der Waals surface area (Å²) in [6, 6.07) is 12.2. The summed E-state index contributed by atoms with van der Waals surface area (Å²) in [6.45, 7) is 1.12. The molecular formula is C18H14FN3O2. The van der Waals surface area contributed by atoms with Gasteiger partial charge in [0, 0.05) is 17.7 Å². The smallest absolute Gasteiger partial charge is 0.231 e. The van der Waals surface area contributed by atoms with Gasteiger partial charge < -0.3 is 14.8 Å². The molecule has 0 unspecified atom stereocenters. The van der Waals surface area contributed by atoms with Crippen molar-refractivity contribution in [3.8, 4) is 28.4 Å². The zero-order chi connectivity index (χ0) is 16.1. The minimum Gasteiger partial charge on any atom is -0.454 e. The Bertz CT molecular complexity index is 934. The van der Waals surface area contributed by atoms with E-state index in [0.717, 1.165) is 52.8 Å². The number of nitrogens with one attached hydrogen (secondary N) is 1. The average molecular weight is 323 g/mol. The predicted octanol–water partition coefficient (Wildman–Crippen LogP) is 3.38. The second-order valence-electron chi connectivity index (χ2n) is 5.81. The van der Waals surface area contributed by atoms with Crippen LogP contribution in [0.3, 0.4) is 0 Å². The molecule has 0 spiro atoms. The average Bonchev–Trinajstić information content (AvgIpc) is 3.31. The minimum absolute atomic E-state index is 0.252. The van der Waals surface area contributed by atoms with E-state index in [0.29, 0.717) is 0 Å². The Morgan fingerprint density at radius 3 is 2.75 bits per heavy atom. The van der Waals surface area contributed by atoms with E-state index < -0.39 is 0 Å². The van der Waals surface area contributed by atoms with Gasteiger partial charge in [0.1, 0.15) is 11.6 Å². The van der Waals surface area contributed by atoms with Crippen molar-refractivity contribution in [3.63, 3.8) is 0 Å². The number of hydrogen-bond acceptors (Lipinski definition) is 4. The van der Waals surface area contributed by atoms with Crippen LogP contribution in [0.4, 0.5) is 10.2 Å². The number of rotatable bonds is 2. The molecule has 0 saturated heterocycles. The first-order valence-corrected chi connectivity index (χ1v) is 7.81. The quantitative estimate of drug-likeness (QED) is 0.785. The molecule has 2 aliphatic heterocycles. The molecule has 0 radical (unpaired) electrons. The Morgan fingerprint density at radius 2 is 1.88 bits per heavy atom. The maximum atomic E-state index is 13.2. The third-order valence-electron chi connectivity index (χ3n) is 4.37. The number of anilines is 1. The van der Waals surface area contributed by atoms with Crippen molar-refractivity contribution in [1.29, 1.82) is 0 Å². The first kappa shape index (κ1) is 13.4. The van der Waals surface area contributed by atoms with E-state index in [-0.39, 0.29) is 12.6 Å². The van der Waals surface area contributed by atoms with Gasteiger partial charge in [-0.05, 0) is 48.9 Å². The van der Waals surface area contributed by atoms with Gasteiger partial charge in [-0.2, -0.15) is 5.10 Å². The Morgan fingerprint density at radius 1 is 1.04 bits per heavy atom. The lowest BCUT2D eigenvalue weighted by molar-refractivity contribution is 0.174. The van der Waals surface area contributed by atoms with Gasteiger partial charge in [-0.25, -0.2) is 9.07 Å². The molecule has 0 bridgehead atoms. The van der Waals surface area contributed by atoms with Crippen molar-refractivity contribution >= 4 is 5.82 Å². The Hall–Kier alpha value is -3.02. The summed E-state index contributed by atoms with van der Waals surface area (Å²) < 4.78 is 25.9. The molecule has 24 heavy (non-hydrogen) atoms. The highest BCUT2D eigenvalue weighted by Gasteiger charge is 2.25. The van der Waals surface area contributed by atoms with E-state index in [9.17, 15) is 4.39 Å². The van der Waals surface area contributed by atoms with Crippen molar-refractivity contribution in [2.24, 2.45) is 0 Å². The molecule has 120 valence electrons. The highest BCUT2D eigenvalue weighted by Crippen LogP contribution is 2.39. The van der Waals surface area contributed by atoms with Gasteiger partial charge in [-0.15, -0.1) is 0 Å². The fourth-order valence-electron chi connectivity index (χ4n) is 3.22. The Kier molecular flexibility index (Phi) is 2.79. The van der Waals surface area contributed by atoms with Crippen LogP contribution >= 0.6 is 0 Å². The van der Waals surface area contributed by atoms with Crippen molar-refractivity contribution in [2.45, 2.75) is 6.42 Å². The lowest BCUT2D eigenvalue weighted by Crippen LogP contribution is -2.04. The summed E-state index contributed by atoms with van der Waals surface area (Å²) >= 11 is 0. The van der Waals surface area contributed by atoms with Crippen LogP contribution in [0.5, 0.6) is 11.5 Å². The van der Waals surface area contributed by atoms with E-state index in [2.05, 4.69) is 5.32 Å². The fourth-order valence-corrected chi connectivity index (χ4v) is 3.22. The van der Waals surface area contributed by atoms with Gasteiger partial charge >= 0.3 is 0 Å². The van der Waals surface area contributed by atoms with E-state index in [1.807, 2.05) is 22.9 Å². The molecular weight excluding hydrogens is 309 g/mol. The van der Waals surface area contributed by atoms with Crippen LogP contribution in [0, 0.1) is 5.82 Å². The van der Waals surface area contributed by atoms with Crippen LogP contribution in [0.25, 0.3) is 16.9 Å². The highest BCUT2D eigenvalue weighted by atomic mass is 19.1. The third kappa shape index (κ3) is 1.96. The van der Waals surface area contributed by atoms with E-state index in [1.54, 1.807) is 12.1 Å². The van der Waals surface area contributed by atoms with Crippen molar-refractivity contribution in [2.75, 3.05) is 18.7 Å². The van der Waals surface area contributed by atoms with Gasteiger partial charge in [0.15, 0.2) is 11.5 Å². The maximum absolute atomic E-state index is 13.2. The summed E-state index contributed by atoms with van der Waals surface area (Å²) in [4.78, 5) is 0. The van der Waals surface area contributed by atoms with Crippen LogP contribution in [0.1, 0.15) is 5.56 Å². The van der Waals surface area contributed by atoms with Crippen LogP contribution < -0.4 is 14.8 Å². The molecule has 0 aliphatic carbocycles. The zero-order valence-corrected chi connectivity index (χ0v) is 12.8. The molecule has 2 aromatic carbocycles. The van der Waals surface area contributed by atoms with E-state index >= 15 is 0 Å². The summed E-state index contributed by atoms with van der Waals surface area (Å²) in [5.74, 6) is 2.20. The number of aromatic nitrogens is 2. The van der Waals surface area contributed by atoms with Crippen LogP contribution in [-0.2, 0) is 6.42 Å². The monoisotopic (exact) mass is 323 g/mol. The van der Waals surface area contributed by atoms with E-state index in [1.165, 1.54) is 12.1 Å². The largest absolute Gasteiger partial charge is 0.454 e. The summed E-state index contributed by atoms with van der Waals surface area (Å²) in [5, 5.41) is 8.14. The molecule has 6 heteroatoms. The number of benzene rings is 2. The van der Waals surface area contributed by atoms with Gasteiger partial charge in [-0.3, -0.25) is 0 Å². The lowest BCUT2D eigenvalue weighted by Gasteiger charge is -2.06.